The van der Waals surface area contributed by atoms with Gasteiger partial charge in [0.2, 0.25) is 15.9 Å². The molecule has 1 fully saturated rings. The number of hydrogen-bond donors (Lipinski definition) is 0. The highest BCUT2D eigenvalue weighted by atomic mass is 32.2. The third-order valence-electron chi connectivity index (χ3n) is 4.79. The van der Waals surface area contributed by atoms with Crippen LogP contribution in [0.2, 0.25) is 0 Å². The van der Waals surface area contributed by atoms with E-state index in [4.69, 9.17) is 0 Å². The fourth-order valence-corrected chi connectivity index (χ4v) is 5.53. The van der Waals surface area contributed by atoms with Gasteiger partial charge < -0.3 is 4.90 Å². The molecule has 10 heteroatoms. The average molecular weight is 459 g/mol. The smallest absolute Gasteiger partial charge is 0.246 e. The van der Waals surface area contributed by atoms with Crippen LogP contribution in [-0.2, 0) is 20.6 Å². The van der Waals surface area contributed by atoms with Gasteiger partial charge in [-0.2, -0.15) is 4.31 Å². The Kier molecular flexibility index (Phi) is 7.10. The monoisotopic (exact) mass is 458 g/mol. The summed E-state index contributed by atoms with van der Waals surface area (Å²) >= 11 is 1.48. The number of nitrogens with zero attached hydrogens (tertiary/aromatic N) is 2. The topological polar surface area (TPSA) is 57.7 Å². The largest absolute Gasteiger partial charge is 0.339 e. The molecule has 0 atom stereocenters. The van der Waals surface area contributed by atoms with Crippen molar-refractivity contribution in [3.63, 3.8) is 0 Å². The van der Waals surface area contributed by atoms with Gasteiger partial charge in [-0.05, 0) is 24.6 Å². The molecule has 1 aliphatic rings. The van der Waals surface area contributed by atoms with Gasteiger partial charge in [-0.15, -0.1) is 11.8 Å². The van der Waals surface area contributed by atoms with Crippen molar-refractivity contribution in [3.8, 4) is 0 Å². The number of thioether (sulfide) groups is 1. The lowest BCUT2D eigenvalue weighted by Gasteiger charge is -2.34. The fourth-order valence-electron chi connectivity index (χ4n) is 3.17. The summed E-state index contributed by atoms with van der Waals surface area (Å²) in [5.74, 6) is -4.17. The zero-order valence-electron chi connectivity index (χ0n) is 16.3. The van der Waals surface area contributed by atoms with Crippen molar-refractivity contribution in [2.75, 3.05) is 31.9 Å². The van der Waals surface area contributed by atoms with E-state index < -0.39 is 32.4 Å². The summed E-state index contributed by atoms with van der Waals surface area (Å²) in [7, 11) is -4.33. The second kappa shape index (κ2) is 9.40. The molecule has 0 unspecified atom stereocenters. The highest BCUT2D eigenvalue weighted by molar-refractivity contribution is 7.99. The van der Waals surface area contributed by atoms with Gasteiger partial charge in [0.15, 0.2) is 17.5 Å². The first-order valence-electron chi connectivity index (χ1n) is 9.25. The van der Waals surface area contributed by atoms with E-state index in [0.717, 1.165) is 15.4 Å². The molecule has 0 spiro atoms. The van der Waals surface area contributed by atoms with Gasteiger partial charge in [-0.3, -0.25) is 4.79 Å². The lowest BCUT2D eigenvalue weighted by Crippen LogP contribution is -2.51. The molecule has 0 saturated carbocycles. The van der Waals surface area contributed by atoms with Crippen LogP contribution >= 0.6 is 11.8 Å². The molecule has 2 aromatic carbocycles. The summed E-state index contributed by atoms with van der Waals surface area (Å²) < 4.78 is 66.6. The molecule has 30 heavy (non-hydrogen) atoms. The zero-order chi connectivity index (χ0) is 21.9. The molecular weight excluding hydrogens is 437 g/mol. The molecule has 1 saturated heterocycles. The molecule has 0 N–H and O–H groups in total. The minimum absolute atomic E-state index is 0.0466. The van der Waals surface area contributed by atoms with Gasteiger partial charge in [0.05, 0.1) is 5.75 Å². The molecule has 1 heterocycles. The average Bonchev–Trinajstić information content (AvgIpc) is 2.72. The van der Waals surface area contributed by atoms with Crippen molar-refractivity contribution < 1.29 is 26.4 Å². The van der Waals surface area contributed by atoms with Crippen LogP contribution in [0.3, 0.4) is 0 Å². The molecule has 0 bridgehead atoms. The zero-order valence-corrected chi connectivity index (χ0v) is 17.9. The summed E-state index contributed by atoms with van der Waals surface area (Å²) in [4.78, 5) is 13.0. The number of benzene rings is 2. The summed E-state index contributed by atoms with van der Waals surface area (Å²) in [6.07, 6.45) is 0. The van der Waals surface area contributed by atoms with Crippen LogP contribution in [0, 0.1) is 24.4 Å². The molecule has 0 radical (unpaired) electrons. The molecule has 1 aliphatic heterocycles. The second-order valence-electron chi connectivity index (χ2n) is 6.94. The molecule has 3 rings (SSSR count). The molecule has 162 valence electrons. The third-order valence-corrected chi connectivity index (χ3v) is 7.69. The molecule has 1 amide bonds. The molecule has 5 nitrogen and oxygen atoms in total. The predicted octanol–water partition coefficient (Wildman–Crippen LogP) is 3.18. The van der Waals surface area contributed by atoms with Crippen molar-refractivity contribution in [1.29, 1.82) is 0 Å². The first-order chi connectivity index (χ1) is 14.2. The maximum Gasteiger partial charge on any atom is 0.246 e. The Balaban J connectivity index is 1.55. The van der Waals surface area contributed by atoms with Crippen molar-refractivity contribution in [2.24, 2.45) is 0 Å². The van der Waals surface area contributed by atoms with Crippen LogP contribution in [-0.4, -0.2) is 55.5 Å². The van der Waals surface area contributed by atoms with Crippen LogP contribution in [0.1, 0.15) is 11.1 Å². The Labute approximate surface area is 177 Å². The minimum atomic E-state index is -4.33. The van der Waals surface area contributed by atoms with Gasteiger partial charge in [0.1, 0.15) is 4.90 Å². The number of sulfonamides is 1. The van der Waals surface area contributed by atoms with E-state index in [2.05, 4.69) is 6.07 Å². The van der Waals surface area contributed by atoms with Crippen LogP contribution in [0.5, 0.6) is 0 Å². The summed E-state index contributed by atoms with van der Waals surface area (Å²) in [6, 6.07) is 9.30. The van der Waals surface area contributed by atoms with Crippen molar-refractivity contribution in [3.05, 3.63) is 65.0 Å². The van der Waals surface area contributed by atoms with E-state index in [1.54, 1.807) is 4.90 Å². The number of carbonyl (C=O) groups excluding carboxylic acids is 1. The standard InChI is InChI=1S/C20H21F3N2O3S2/c1-14-3-2-4-15(11-14)12-29-13-18(26)24-7-9-25(10-8-24)30(27,28)17-6-5-16(21)19(22)20(17)23/h2-6,11H,7-10,12-13H2,1H3. The van der Waals surface area contributed by atoms with Gasteiger partial charge in [-0.1, -0.05) is 29.8 Å². The highest BCUT2D eigenvalue weighted by Gasteiger charge is 2.33. The predicted molar refractivity (Wildman–Crippen MR) is 109 cm³/mol. The first-order valence-corrected chi connectivity index (χ1v) is 11.8. The van der Waals surface area contributed by atoms with E-state index in [9.17, 15) is 26.4 Å². The molecule has 0 aliphatic carbocycles. The van der Waals surface area contributed by atoms with E-state index in [1.165, 1.54) is 11.8 Å². The Hall–Kier alpha value is -2.04. The Morgan fingerprint density at radius 3 is 2.40 bits per heavy atom. The van der Waals surface area contributed by atoms with E-state index in [0.29, 0.717) is 17.9 Å². The van der Waals surface area contributed by atoms with Crippen molar-refractivity contribution in [2.45, 2.75) is 17.6 Å². The SMILES string of the molecule is Cc1cccc(CSCC(=O)N2CCN(S(=O)(=O)c3ccc(F)c(F)c3F)CC2)c1. The minimum Gasteiger partial charge on any atom is -0.339 e. The van der Waals surface area contributed by atoms with Gasteiger partial charge in [0.25, 0.3) is 0 Å². The normalized spacial score (nSPS) is 15.4. The highest BCUT2D eigenvalue weighted by Crippen LogP contribution is 2.24. The Morgan fingerprint density at radius 1 is 1.03 bits per heavy atom. The quantitative estimate of drug-likeness (QED) is 0.624. The van der Waals surface area contributed by atoms with Crippen molar-refractivity contribution >= 4 is 27.7 Å². The lowest BCUT2D eigenvalue weighted by atomic mass is 10.2. The molecular formula is C20H21F3N2O3S2. The van der Waals surface area contributed by atoms with E-state index in [-0.39, 0.29) is 37.8 Å². The van der Waals surface area contributed by atoms with Crippen LogP contribution < -0.4 is 0 Å². The third kappa shape index (κ3) is 4.98. The van der Waals surface area contributed by atoms with Crippen LogP contribution in [0.4, 0.5) is 13.2 Å². The first kappa shape index (κ1) is 22.6. The number of carbonyl (C=O) groups is 1. The number of piperazine rings is 1. The molecule has 2 aromatic rings. The molecule has 0 aromatic heterocycles. The maximum absolute atomic E-state index is 13.9. The van der Waals surface area contributed by atoms with Crippen LogP contribution in [0.25, 0.3) is 0 Å². The lowest BCUT2D eigenvalue weighted by molar-refractivity contribution is -0.129. The summed E-state index contributed by atoms with van der Waals surface area (Å²) in [5, 5.41) is 0. The number of halogens is 3. The van der Waals surface area contributed by atoms with E-state index >= 15 is 0 Å². The van der Waals surface area contributed by atoms with Gasteiger partial charge >= 0.3 is 0 Å². The number of hydrogen-bond acceptors (Lipinski definition) is 4. The summed E-state index contributed by atoms with van der Waals surface area (Å²) in [6.45, 7) is 2.20. The Morgan fingerprint density at radius 2 is 1.73 bits per heavy atom. The number of rotatable bonds is 6. The number of aryl methyl sites for hydroxylation is 1. The van der Waals surface area contributed by atoms with Crippen LogP contribution in [0.15, 0.2) is 41.3 Å². The van der Waals surface area contributed by atoms with E-state index in [1.807, 2.05) is 25.1 Å². The van der Waals surface area contributed by atoms with Gasteiger partial charge in [-0.25, -0.2) is 21.6 Å². The summed E-state index contributed by atoms with van der Waals surface area (Å²) in [5.41, 5.74) is 2.27. The van der Waals surface area contributed by atoms with Crippen molar-refractivity contribution in [1.82, 2.24) is 9.21 Å². The van der Waals surface area contributed by atoms with Gasteiger partial charge in [0, 0.05) is 31.9 Å². The Bertz CT molecular complexity index is 1040. The maximum atomic E-state index is 13.9. The number of amides is 1. The fraction of sp³-hybridized carbons (Fsp3) is 0.350. The second-order valence-corrected chi connectivity index (χ2v) is 9.83.